The fourth-order valence-electron chi connectivity index (χ4n) is 10.2. The average molecular weight is 1100 g/mol. The van der Waals surface area contributed by atoms with Gasteiger partial charge in [-0.05, 0) is 98.8 Å². The molecule has 4 unspecified atom stereocenters. The van der Waals surface area contributed by atoms with E-state index in [0.29, 0.717) is 11.4 Å². The number of amides is 4. The molecule has 0 radical (unpaired) electrons. The van der Waals surface area contributed by atoms with Crippen molar-refractivity contribution in [2.45, 2.75) is 102 Å². The van der Waals surface area contributed by atoms with Gasteiger partial charge >= 0.3 is 0 Å². The summed E-state index contributed by atoms with van der Waals surface area (Å²) in [5.41, 5.74) is 5.10. The molecular weight excluding hydrogens is 1060 g/mol. The standard InChI is InChI=1S/2C22H21N3O2P2S4/c2*1-3-10-23-17-19(32-21(23)30)29-14-13(15(26)25(16(14)27)12-8-6-5-7-9-12)28(17)20-18(29)24(11-4-2)22(31)33-20/h2*5-9,13-14H,3-4,10-11H2,1-2H3/t2*13-,14+,28?,29?. The lowest BCUT2D eigenvalue weighted by Gasteiger charge is -2.43. The number of hydrogen-bond donors (Lipinski definition) is 0. The van der Waals surface area contributed by atoms with Crippen molar-refractivity contribution in [3.05, 3.63) is 76.5 Å². The van der Waals surface area contributed by atoms with Gasteiger partial charge in [0, 0.05) is 57.9 Å². The van der Waals surface area contributed by atoms with Crippen molar-refractivity contribution in [3.63, 3.8) is 0 Å². The van der Waals surface area contributed by atoms with Gasteiger partial charge in [-0.15, -0.1) is 45.3 Å². The summed E-state index contributed by atoms with van der Waals surface area (Å²) in [6.45, 7) is 12.0. The number of thiazole rings is 4. The summed E-state index contributed by atoms with van der Waals surface area (Å²) in [7, 11) is -4.14. The zero-order valence-electron chi connectivity index (χ0n) is 36.1. The van der Waals surface area contributed by atoms with E-state index in [-0.39, 0.29) is 46.3 Å². The number of imide groups is 2. The number of benzene rings is 2. The average Bonchev–Trinajstić information content (AvgIpc) is 4.13. The van der Waals surface area contributed by atoms with Crippen LogP contribution in [-0.4, -0.2) is 64.5 Å². The summed E-state index contributed by atoms with van der Waals surface area (Å²) in [4.78, 5) is 58.6. The molecule has 2 aromatic carbocycles. The third-order valence-corrected chi connectivity index (χ3v) is 33.4. The molecular formula is C44H42N6O4P4S8. The first kappa shape index (κ1) is 46.2. The first-order valence-corrected chi connectivity index (χ1v) is 32.5. The lowest BCUT2D eigenvalue weighted by molar-refractivity contribution is -0.122. The number of carbonyl (C=O) groups is 4. The van der Waals surface area contributed by atoms with Gasteiger partial charge in [-0.1, -0.05) is 64.1 Å². The van der Waals surface area contributed by atoms with Crippen molar-refractivity contribution in [1.82, 2.24) is 18.3 Å². The predicted molar refractivity (Wildman–Crippen MR) is 292 cm³/mol. The summed E-state index contributed by atoms with van der Waals surface area (Å²) in [6, 6.07) is 18.8. The number of anilines is 2. The molecule has 4 aromatic heterocycles. The van der Waals surface area contributed by atoms with Gasteiger partial charge in [0.2, 0.25) is 23.6 Å². The molecule has 14 rings (SSSR count). The molecule has 0 saturated carbocycles. The van der Waals surface area contributed by atoms with Gasteiger partial charge in [-0.2, -0.15) is 0 Å². The van der Waals surface area contributed by atoms with Crippen LogP contribution in [0.2, 0.25) is 0 Å². The van der Waals surface area contributed by atoms with Crippen molar-refractivity contribution < 1.29 is 19.2 Å². The molecule has 4 bridgehead atoms. The van der Waals surface area contributed by atoms with Gasteiger partial charge in [-0.3, -0.25) is 19.2 Å². The van der Waals surface area contributed by atoms with Crippen LogP contribution in [0.3, 0.4) is 0 Å². The number of para-hydroxylation sites is 2. The molecule has 10 nitrogen and oxygen atoms in total. The molecule has 22 heteroatoms. The molecule has 340 valence electrons. The highest BCUT2D eigenvalue weighted by Crippen LogP contribution is 2.67. The van der Waals surface area contributed by atoms with E-state index in [9.17, 15) is 19.2 Å². The van der Waals surface area contributed by atoms with Gasteiger partial charge in [0.1, 0.15) is 0 Å². The van der Waals surface area contributed by atoms with Gasteiger partial charge < -0.3 is 18.3 Å². The van der Waals surface area contributed by atoms with Crippen LogP contribution in [0.15, 0.2) is 60.7 Å². The minimum absolute atomic E-state index is 0.0485. The summed E-state index contributed by atoms with van der Waals surface area (Å²) in [6.07, 6.45) is 3.93. The summed E-state index contributed by atoms with van der Waals surface area (Å²) in [5, 5.41) is 0. The van der Waals surface area contributed by atoms with Crippen LogP contribution < -0.4 is 50.0 Å². The Labute approximate surface area is 423 Å². The Morgan fingerprint density at radius 3 is 0.848 bits per heavy atom. The van der Waals surface area contributed by atoms with Crippen molar-refractivity contribution in [2.75, 3.05) is 9.80 Å². The zero-order chi connectivity index (χ0) is 46.0. The number of aromatic nitrogens is 4. The normalized spacial score (nSPS) is 24.8. The van der Waals surface area contributed by atoms with Crippen molar-refractivity contribution in [3.8, 4) is 0 Å². The molecule has 0 aliphatic carbocycles. The third kappa shape index (κ3) is 6.63. The maximum absolute atomic E-state index is 13.9. The molecule has 0 spiro atoms. The Kier molecular flexibility index (Phi) is 12.5. The molecule has 66 heavy (non-hydrogen) atoms. The molecule has 4 amide bonds. The lowest BCUT2D eigenvalue weighted by atomic mass is 10.3. The van der Waals surface area contributed by atoms with E-state index in [0.717, 1.165) is 67.7 Å². The Bertz CT molecular complexity index is 2890. The van der Waals surface area contributed by atoms with Crippen molar-refractivity contribution in [2.24, 2.45) is 0 Å². The Morgan fingerprint density at radius 2 is 0.636 bits per heavy atom. The molecule has 8 aliphatic heterocycles. The van der Waals surface area contributed by atoms with Gasteiger partial charge in [0.25, 0.3) is 0 Å². The summed E-state index contributed by atoms with van der Waals surface area (Å²) < 4.78 is 17.6. The second-order valence-electron chi connectivity index (χ2n) is 16.5. The Balaban J connectivity index is 0.000000146. The van der Waals surface area contributed by atoms with Crippen molar-refractivity contribution >= 4 is 201 Å². The van der Waals surface area contributed by atoms with Crippen molar-refractivity contribution in [1.29, 1.82) is 0 Å². The smallest absolute Gasteiger partial charge is 0.243 e. The zero-order valence-corrected chi connectivity index (χ0v) is 46.2. The van der Waals surface area contributed by atoms with Crippen LogP contribution in [0, 0.1) is 15.8 Å². The minimum Gasteiger partial charge on any atom is -0.322 e. The van der Waals surface area contributed by atoms with Gasteiger partial charge in [0.15, 0.2) is 15.8 Å². The fraction of sp³-hybridized carbons (Fsp3) is 0.364. The minimum atomic E-state index is -1.03. The lowest BCUT2D eigenvalue weighted by Crippen LogP contribution is -2.55. The van der Waals surface area contributed by atoms with Crippen LogP contribution in [0.1, 0.15) is 53.4 Å². The van der Waals surface area contributed by atoms with Gasteiger partial charge in [-0.25, -0.2) is 9.80 Å². The molecule has 2 fully saturated rings. The number of rotatable bonds is 10. The molecule has 8 aliphatic rings. The van der Waals surface area contributed by atoms with E-state index in [1.807, 2.05) is 60.7 Å². The number of hydrogen-bond acceptors (Lipinski definition) is 12. The third-order valence-electron chi connectivity index (χ3n) is 12.6. The molecule has 2 saturated heterocycles. The molecule has 8 atom stereocenters. The number of carbonyl (C=O) groups excluding carboxylic acids is 4. The van der Waals surface area contributed by atoms with E-state index >= 15 is 0 Å². The van der Waals surface area contributed by atoms with E-state index in [2.05, 4.69) is 46.0 Å². The SMILES string of the molecule is CCCn1c2c(sc1=S)P1c3c(sc(=S)n3CCC)P2[C@@H]2C(=O)N(c3ccccc3)C(=O)[C@@H]21.CCCn1c2c(sc1=S)P1c3c(sc(=S)n3CCC)P2[C@@H]2C(=O)N(c3ccccc3)C(=O)[C@@H]21. The monoisotopic (exact) mass is 1100 g/mol. The first-order valence-electron chi connectivity index (χ1n) is 22.0. The highest BCUT2D eigenvalue weighted by Gasteiger charge is 2.66. The van der Waals surface area contributed by atoms with Crippen LogP contribution in [-0.2, 0) is 45.4 Å². The van der Waals surface area contributed by atoms with E-state index in [1.54, 1.807) is 45.3 Å². The summed E-state index contributed by atoms with van der Waals surface area (Å²) >= 11 is 29.9. The van der Waals surface area contributed by atoms with E-state index < -0.39 is 31.7 Å². The van der Waals surface area contributed by atoms with Crippen LogP contribution in [0.25, 0.3) is 0 Å². The van der Waals surface area contributed by atoms with Gasteiger partial charge in [0.05, 0.1) is 74.2 Å². The largest absolute Gasteiger partial charge is 0.322 e. The highest BCUT2D eigenvalue weighted by molar-refractivity contribution is 7.96. The number of nitrogens with zero attached hydrogens (tertiary/aromatic N) is 6. The fourth-order valence-corrected chi connectivity index (χ4v) is 36.6. The van der Waals surface area contributed by atoms with E-state index in [4.69, 9.17) is 48.9 Å². The molecule has 12 heterocycles. The Hall–Kier alpha value is -2.16. The van der Waals surface area contributed by atoms with Crippen LogP contribution in [0.5, 0.6) is 0 Å². The second kappa shape index (κ2) is 17.9. The quantitative estimate of drug-likeness (QED) is 0.0768. The highest BCUT2D eigenvalue weighted by atomic mass is 32.2. The first-order chi connectivity index (χ1) is 32.0. The topological polar surface area (TPSA) is 94.5 Å². The molecule has 6 aromatic rings. The second-order valence-corrected chi connectivity index (χ2v) is 33.0. The maximum atomic E-state index is 13.9. The maximum Gasteiger partial charge on any atom is 0.243 e. The van der Waals surface area contributed by atoms with Crippen LogP contribution >= 0.6 is 126 Å². The summed E-state index contributed by atoms with van der Waals surface area (Å²) in [5.74, 6) is -0.194. The Morgan fingerprint density at radius 1 is 0.409 bits per heavy atom. The molecule has 0 N–H and O–H groups in total. The predicted octanol–water partition coefficient (Wildman–Crippen LogP) is 8.39. The van der Waals surface area contributed by atoms with E-state index in [1.165, 1.54) is 50.0 Å². The van der Waals surface area contributed by atoms with Crippen LogP contribution in [0.4, 0.5) is 11.4 Å².